The van der Waals surface area contributed by atoms with E-state index < -0.39 is 6.10 Å². The topological polar surface area (TPSA) is 78.9 Å². The van der Waals surface area contributed by atoms with Crippen LogP contribution in [0.2, 0.25) is 0 Å². The molecule has 0 saturated heterocycles. The molecule has 0 aliphatic heterocycles. The third-order valence-electron chi connectivity index (χ3n) is 13.3. The van der Waals surface area contributed by atoms with Crippen molar-refractivity contribution < 1.29 is 28.6 Å². The maximum Gasteiger partial charge on any atom is 0.306 e. The van der Waals surface area contributed by atoms with Crippen molar-refractivity contribution >= 4 is 17.9 Å². The van der Waals surface area contributed by atoms with Crippen molar-refractivity contribution in [2.75, 3.05) is 13.2 Å². The number of allylic oxidation sites excluding steroid dienone is 16. The minimum absolute atomic E-state index is 0.0834. The molecule has 0 heterocycles. The fourth-order valence-electron chi connectivity index (χ4n) is 8.65. The predicted octanol–water partition coefficient (Wildman–Crippen LogP) is 21.3. The van der Waals surface area contributed by atoms with E-state index in [-0.39, 0.29) is 31.1 Å². The maximum absolute atomic E-state index is 12.8. The largest absolute Gasteiger partial charge is 0.462 e. The Labute approximate surface area is 457 Å². The Morgan fingerprint density at radius 1 is 0.284 bits per heavy atom. The molecule has 6 heteroatoms. The normalized spacial score (nSPS) is 12.7. The number of esters is 3. The average molecular weight is 1030 g/mol. The highest BCUT2D eigenvalue weighted by Gasteiger charge is 2.19. The first-order valence-corrected chi connectivity index (χ1v) is 31.2. The van der Waals surface area contributed by atoms with E-state index in [4.69, 9.17) is 14.2 Å². The zero-order chi connectivity index (χ0) is 53.6. The second-order valence-corrected chi connectivity index (χ2v) is 20.6. The van der Waals surface area contributed by atoms with Gasteiger partial charge in [0.15, 0.2) is 6.10 Å². The zero-order valence-corrected chi connectivity index (χ0v) is 48.6. The van der Waals surface area contributed by atoms with Crippen LogP contribution in [-0.4, -0.2) is 37.2 Å². The lowest BCUT2D eigenvalue weighted by atomic mass is 10.0. The molecule has 0 rings (SSSR count). The van der Waals surface area contributed by atoms with Crippen LogP contribution >= 0.6 is 0 Å². The van der Waals surface area contributed by atoms with Gasteiger partial charge in [-0.1, -0.05) is 272 Å². The molecule has 6 nitrogen and oxygen atoms in total. The third-order valence-corrected chi connectivity index (χ3v) is 13.3. The van der Waals surface area contributed by atoms with E-state index in [2.05, 4.69) is 118 Å². The summed E-state index contributed by atoms with van der Waals surface area (Å²) in [6, 6.07) is 0. The molecular formula is C68H116O6. The molecule has 0 bridgehead atoms. The second kappa shape index (κ2) is 61.9. The molecule has 0 aliphatic rings. The number of carbonyl (C=O) groups is 3. The molecule has 0 saturated carbocycles. The highest BCUT2D eigenvalue weighted by molar-refractivity contribution is 5.71. The van der Waals surface area contributed by atoms with Gasteiger partial charge in [-0.3, -0.25) is 14.4 Å². The van der Waals surface area contributed by atoms with Crippen LogP contribution in [0.1, 0.15) is 297 Å². The molecule has 0 aromatic rings. The SMILES string of the molecule is CC/C=C\C/C=C\C/C=C\C/C=C\C/C=C\C/C=C\C/C=C\CCCCCCCC(=O)OCC(COC(=O)CCCCCCCC)OC(=O)CCCCCCCCCCCCC/C=C\CCCCCCCCCC. The van der Waals surface area contributed by atoms with E-state index in [1.54, 1.807) is 0 Å². The summed E-state index contributed by atoms with van der Waals surface area (Å²) < 4.78 is 16.8. The van der Waals surface area contributed by atoms with Crippen LogP contribution in [0.3, 0.4) is 0 Å². The van der Waals surface area contributed by atoms with Gasteiger partial charge in [0.25, 0.3) is 0 Å². The number of hydrogen-bond donors (Lipinski definition) is 0. The highest BCUT2D eigenvalue weighted by Crippen LogP contribution is 2.16. The maximum atomic E-state index is 12.8. The molecule has 0 spiro atoms. The molecular weight excluding hydrogens is 913 g/mol. The van der Waals surface area contributed by atoms with Crippen LogP contribution in [-0.2, 0) is 28.6 Å². The molecule has 0 aromatic heterocycles. The standard InChI is InChI=1S/C68H116O6/c1-4-7-10-13-16-18-20-22-24-26-28-30-32-33-34-35-37-38-40-42-44-46-48-50-52-55-58-61-67(70)73-64-65(63-72-66(69)60-57-54-15-12-9-6-3)74-68(71)62-59-56-53-51-49-47-45-43-41-39-36-31-29-27-25-23-21-19-17-14-11-8-5-2/h7,10,16,18,22,24,27-30,33-34,37-38,42,44,65H,4-6,8-9,11-15,17,19-21,23,25-26,31-32,35-36,39-41,43,45-64H2,1-3H3/b10-7-,18-16-,24-22-,29-27-,30-28-,34-33-,38-37-,44-42-. The molecule has 0 amide bonds. The van der Waals surface area contributed by atoms with Crippen LogP contribution in [0.15, 0.2) is 97.2 Å². The number of hydrogen-bond acceptors (Lipinski definition) is 6. The first-order chi connectivity index (χ1) is 36.5. The van der Waals surface area contributed by atoms with Crippen molar-refractivity contribution in [1.82, 2.24) is 0 Å². The van der Waals surface area contributed by atoms with Crippen LogP contribution in [0.5, 0.6) is 0 Å². The lowest BCUT2D eigenvalue weighted by molar-refractivity contribution is -0.167. The number of unbranched alkanes of at least 4 members (excludes halogenated alkanes) is 29. The van der Waals surface area contributed by atoms with Gasteiger partial charge in [-0.15, -0.1) is 0 Å². The minimum atomic E-state index is -0.784. The Morgan fingerprint density at radius 2 is 0.527 bits per heavy atom. The molecule has 424 valence electrons. The van der Waals surface area contributed by atoms with Gasteiger partial charge in [-0.2, -0.15) is 0 Å². The molecule has 1 unspecified atom stereocenters. The Hall–Kier alpha value is -3.67. The van der Waals surface area contributed by atoms with Crippen molar-refractivity contribution in [3.63, 3.8) is 0 Å². The number of carbonyl (C=O) groups excluding carboxylic acids is 3. The van der Waals surface area contributed by atoms with Crippen molar-refractivity contribution in [3.8, 4) is 0 Å². The van der Waals surface area contributed by atoms with Gasteiger partial charge in [-0.25, -0.2) is 0 Å². The van der Waals surface area contributed by atoms with Gasteiger partial charge < -0.3 is 14.2 Å². The molecule has 74 heavy (non-hydrogen) atoms. The van der Waals surface area contributed by atoms with Crippen LogP contribution in [0.25, 0.3) is 0 Å². The number of rotatable bonds is 56. The molecule has 0 fully saturated rings. The summed E-state index contributed by atoms with van der Waals surface area (Å²) in [4.78, 5) is 38.0. The molecule has 0 aromatic carbocycles. The highest BCUT2D eigenvalue weighted by atomic mass is 16.6. The summed E-state index contributed by atoms with van der Waals surface area (Å²) in [6.45, 7) is 6.47. The van der Waals surface area contributed by atoms with Crippen molar-refractivity contribution in [3.05, 3.63) is 97.2 Å². The lowest BCUT2D eigenvalue weighted by Crippen LogP contribution is -2.30. The van der Waals surface area contributed by atoms with Gasteiger partial charge in [0.2, 0.25) is 0 Å². The molecule has 0 radical (unpaired) electrons. The van der Waals surface area contributed by atoms with E-state index >= 15 is 0 Å². The van der Waals surface area contributed by atoms with Gasteiger partial charge in [-0.05, 0) is 103 Å². The van der Waals surface area contributed by atoms with Gasteiger partial charge >= 0.3 is 17.9 Å². The Morgan fingerprint density at radius 3 is 0.838 bits per heavy atom. The fraction of sp³-hybridized carbons (Fsp3) is 0.721. The summed E-state index contributed by atoms with van der Waals surface area (Å²) in [5.41, 5.74) is 0. The lowest BCUT2D eigenvalue weighted by Gasteiger charge is -2.18. The minimum Gasteiger partial charge on any atom is -0.462 e. The van der Waals surface area contributed by atoms with E-state index in [0.717, 1.165) is 122 Å². The van der Waals surface area contributed by atoms with Crippen LogP contribution in [0, 0.1) is 0 Å². The monoisotopic (exact) mass is 1030 g/mol. The van der Waals surface area contributed by atoms with Crippen molar-refractivity contribution in [2.24, 2.45) is 0 Å². The van der Waals surface area contributed by atoms with Gasteiger partial charge in [0.05, 0.1) is 0 Å². The van der Waals surface area contributed by atoms with E-state index in [9.17, 15) is 14.4 Å². The Kier molecular flexibility index (Phi) is 58.8. The van der Waals surface area contributed by atoms with Crippen LogP contribution < -0.4 is 0 Å². The number of ether oxygens (including phenoxy) is 3. The third kappa shape index (κ3) is 59.2. The molecule has 0 aliphatic carbocycles. The summed E-state index contributed by atoms with van der Waals surface area (Å²) in [5, 5.41) is 0. The summed E-state index contributed by atoms with van der Waals surface area (Å²) in [6.07, 6.45) is 83.0. The van der Waals surface area contributed by atoms with Gasteiger partial charge in [0.1, 0.15) is 13.2 Å². The smallest absolute Gasteiger partial charge is 0.306 e. The first kappa shape index (κ1) is 70.3. The van der Waals surface area contributed by atoms with E-state index in [1.165, 1.54) is 135 Å². The quantitative estimate of drug-likeness (QED) is 0.0261. The van der Waals surface area contributed by atoms with Gasteiger partial charge in [0, 0.05) is 19.3 Å². The van der Waals surface area contributed by atoms with Crippen molar-refractivity contribution in [1.29, 1.82) is 0 Å². The van der Waals surface area contributed by atoms with E-state index in [0.29, 0.717) is 19.3 Å². The first-order valence-electron chi connectivity index (χ1n) is 31.2. The fourth-order valence-corrected chi connectivity index (χ4v) is 8.65. The molecule has 0 N–H and O–H groups in total. The van der Waals surface area contributed by atoms with Crippen molar-refractivity contribution in [2.45, 2.75) is 303 Å². The second-order valence-electron chi connectivity index (χ2n) is 20.6. The summed E-state index contributed by atoms with van der Waals surface area (Å²) in [5.74, 6) is -0.907. The molecule has 1 atom stereocenters. The van der Waals surface area contributed by atoms with Crippen LogP contribution in [0.4, 0.5) is 0 Å². The average Bonchev–Trinajstić information content (AvgIpc) is 3.40. The Bertz CT molecular complexity index is 1460. The zero-order valence-electron chi connectivity index (χ0n) is 48.6. The summed E-state index contributed by atoms with van der Waals surface area (Å²) in [7, 11) is 0. The Balaban J connectivity index is 4.17. The predicted molar refractivity (Wildman–Crippen MR) is 320 cm³/mol. The van der Waals surface area contributed by atoms with E-state index in [1.807, 2.05) is 0 Å². The summed E-state index contributed by atoms with van der Waals surface area (Å²) >= 11 is 0.